The number of unbranched alkanes of at least 4 members (excludes halogenated alkanes) is 1. The maximum absolute atomic E-state index is 11.0. The van der Waals surface area contributed by atoms with Gasteiger partial charge in [-0.15, -0.1) is 11.6 Å². The average molecular weight is 256 g/mol. The van der Waals surface area contributed by atoms with E-state index in [1.807, 2.05) is 13.0 Å². The highest BCUT2D eigenvalue weighted by atomic mass is 35.5. The van der Waals surface area contributed by atoms with E-state index in [1.165, 1.54) is 6.07 Å². The van der Waals surface area contributed by atoms with Gasteiger partial charge < -0.3 is 10.8 Å². The molecule has 0 saturated carbocycles. The zero-order chi connectivity index (χ0) is 12.8. The van der Waals surface area contributed by atoms with E-state index in [0.29, 0.717) is 0 Å². The Bertz CT molecular complexity index is 391. The van der Waals surface area contributed by atoms with Gasteiger partial charge in [0.15, 0.2) is 0 Å². The fourth-order valence-corrected chi connectivity index (χ4v) is 1.89. The van der Waals surface area contributed by atoms with Crippen LogP contribution in [0.2, 0.25) is 0 Å². The van der Waals surface area contributed by atoms with Gasteiger partial charge in [0.05, 0.1) is 5.56 Å². The van der Waals surface area contributed by atoms with Gasteiger partial charge >= 0.3 is 0 Å². The van der Waals surface area contributed by atoms with Crippen LogP contribution < -0.4 is 5.73 Å². The van der Waals surface area contributed by atoms with Crippen LogP contribution in [0.4, 0.5) is 0 Å². The molecule has 0 aliphatic rings. The van der Waals surface area contributed by atoms with Crippen LogP contribution in [0, 0.1) is 0 Å². The number of carbonyl (C=O) groups is 1. The molecule has 3 nitrogen and oxygen atoms in total. The van der Waals surface area contributed by atoms with Crippen LogP contribution in [-0.2, 0) is 6.42 Å². The van der Waals surface area contributed by atoms with Gasteiger partial charge in [-0.05, 0) is 37.8 Å². The summed E-state index contributed by atoms with van der Waals surface area (Å²) < 4.78 is 0. The summed E-state index contributed by atoms with van der Waals surface area (Å²) in [6, 6.07) is 5.08. The molecule has 1 atom stereocenters. The summed E-state index contributed by atoms with van der Waals surface area (Å²) in [7, 11) is 0. The van der Waals surface area contributed by atoms with Crippen LogP contribution in [0.1, 0.15) is 42.1 Å². The third-order valence-electron chi connectivity index (χ3n) is 2.68. The summed E-state index contributed by atoms with van der Waals surface area (Å²) in [4.78, 5) is 11.0. The minimum Gasteiger partial charge on any atom is -0.507 e. The predicted octanol–water partition coefficient (Wildman–Crippen LogP) is 2.83. The summed E-state index contributed by atoms with van der Waals surface area (Å²) >= 11 is 5.85. The lowest BCUT2D eigenvalue weighted by Gasteiger charge is -2.08. The standard InChI is InChI=1S/C13H18ClNO2/c1-9(14)5-2-3-6-10-7-4-8-11(12(10)16)13(15)17/h4,7-9,16H,2-3,5-6H2,1H3,(H2,15,17). The number of hydrogen-bond acceptors (Lipinski definition) is 2. The Labute approximate surface area is 107 Å². The van der Waals surface area contributed by atoms with Gasteiger partial charge in [0.1, 0.15) is 5.75 Å². The highest BCUT2D eigenvalue weighted by Gasteiger charge is 2.10. The second kappa shape index (κ2) is 6.50. The largest absolute Gasteiger partial charge is 0.507 e. The van der Waals surface area contributed by atoms with Crippen LogP contribution in [0.3, 0.4) is 0 Å². The molecule has 0 fully saturated rings. The number of halogens is 1. The lowest BCUT2D eigenvalue weighted by atomic mass is 10.0. The van der Waals surface area contributed by atoms with E-state index < -0.39 is 5.91 Å². The van der Waals surface area contributed by atoms with Crippen LogP contribution in [0.15, 0.2) is 18.2 Å². The molecule has 17 heavy (non-hydrogen) atoms. The average Bonchev–Trinajstić information content (AvgIpc) is 2.25. The van der Waals surface area contributed by atoms with E-state index in [1.54, 1.807) is 6.07 Å². The highest BCUT2D eigenvalue weighted by molar-refractivity contribution is 6.20. The number of amides is 1. The molecule has 1 aromatic rings. The number of alkyl halides is 1. The van der Waals surface area contributed by atoms with Crippen molar-refractivity contribution in [2.24, 2.45) is 5.73 Å². The molecule has 1 aromatic carbocycles. The fourth-order valence-electron chi connectivity index (χ4n) is 1.73. The first-order valence-electron chi connectivity index (χ1n) is 5.77. The molecule has 4 heteroatoms. The zero-order valence-electron chi connectivity index (χ0n) is 9.95. The maximum Gasteiger partial charge on any atom is 0.252 e. The molecule has 0 bridgehead atoms. The number of rotatable bonds is 6. The van der Waals surface area contributed by atoms with Gasteiger partial charge in [-0.3, -0.25) is 4.79 Å². The van der Waals surface area contributed by atoms with Gasteiger partial charge in [-0.2, -0.15) is 0 Å². The van der Waals surface area contributed by atoms with E-state index in [0.717, 1.165) is 31.2 Å². The van der Waals surface area contributed by atoms with E-state index in [2.05, 4.69) is 0 Å². The first kappa shape index (κ1) is 13.8. The summed E-state index contributed by atoms with van der Waals surface area (Å²) in [5, 5.41) is 10.0. The molecule has 0 heterocycles. The monoisotopic (exact) mass is 255 g/mol. The first-order chi connectivity index (χ1) is 8.02. The van der Waals surface area contributed by atoms with Crippen LogP contribution in [0.5, 0.6) is 5.75 Å². The van der Waals surface area contributed by atoms with Crippen molar-refractivity contribution in [3.63, 3.8) is 0 Å². The normalized spacial score (nSPS) is 12.4. The van der Waals surface area contributed by atoms with E-state index in [-0.39, 0.29) is 16.7 Å². The summed E-state index contributed by atoms with van der Waals surface area (Å²) in [5.41, 5.74) is 6.12. The molecule has 0 spiro atoms. The van der Waals surface area contributed by atoms with Crippen molar-refractivity contribution in [1.29, 1.82) is 0 Å². The zero-order valence-corrected chi connectivity index (χ0v) is 10.7. The van der Waals surface area contributed by atoms with Crippen LogP contribution in [0.25, 0.3) is 0 Å². The van der Waals surface area contributed by atoms with Gasteiger partial charge in [-0.1, -0.05) is 18.6 Å². The topological polar surface area (TPSA) is 63.3 Å². The Morgan fingerprint density at radius 2 is 2.18 bits per heavy atom. The third kappa shape index (κ3) is 4.27. The van der Waals surface area contributed by atoms with Crippen molar-refractivity contribution in [2.75, 3.05) is 0 Å². The Hall–Kier alpha value is -1.22. The molecule has 0 aliphatic carbocycles. The number of para-hydroxylation sites is 1. The number of carbonyl (C=O) groups excluding carboxylic acids is 1. The van der Waals surface area contributed by atoms with Crippen molar-refractivity contribution < 1.29 is 9.90 Å². The second-order valence-electron chi connectivity index (χ2n) is 4.20. The van der Waals surface area contributed by atoms with Gasteiger partial charge in [0.2, 0.25) is 0 Å². The lowest BCUT2D eigenvalue weighted by Crippen LogP contribution is -2.11. The summed E-state index contributed by atoms with van der Waals surface area (Å²) in [5.74, 6) is -0.586. The number of nitrogens with two attached hydrogens (primary N) is 1. The Balaban J connectivity index is 2.59. The van der Waals surface area contributed by atoms with E-state index >= 15 is 0 Å². The van der Waals surface area contributed by atoms with E-state index in [9.17, 15) is 9.90 Å². The number of phenols is 1. The predicted molar refractivity (Wildman–Crippen MR) is 69.5 cm³/mol. The van der Waals surface area contributed by atoms with E-state index in [4.69, 9.17) is 17.3 Å². The smallest absolute Gasteiger partial charge is 0.252 e. The lowest BCUT2D eigenvalue weighted by molar-refractivity contribution is 0.0997. The molecule has 3 N–H and O–H groups in total. The van der Waals surface area contributed by atoms with Crippen molar-refractivity contribution >= 4 is 17.5 Å². The van der Waals surface area contributed by atoms with Crippen molar-refractivity contribution in [3.8, 4) is 5.75 Å². The summed E-state index contributed by atoms with van der Waals surface area (Å²) in [6.07, 6.45) is 3.63. The maximum atomic E-state index is 11.0. The highest BCUT2D eigenvalue weighted by Crippen LogP contribution is 2.24. The number of primary amides is 1. The SMILES string of the molecule is CC(Cl)CCCCc1cccc(C(N)=O)c1O. The number of aromatic hydroxyl groups is 1. The van der Waals surface area contributed by atoms with Gasteiger partial charge in [0.25, 0.3) is 5.91 Å². The first-order valence-corrected chi connectivity index (χ1v) is 6.20. The minimum atomic E-state index is -0.598. The molecular weight excluding hydrogens is 238 g/mol. The van der Waals surface area contributed by atoms with Crippen LogP contribution in [-0.4, -0.2) is 16.4 Å². The Morgan fingerprint density at radius 3 is 2.76 bits per heavy atom. The van der Waals surface area contributed by atoms with Gasteiger partial charge in [0, 0.05) is 5.38 Å². The molecule has 0 saturated heterocycles. The molecule has 0 aliphatic heterocycles. The van der Waals surface area contributed by atoms with Crippen molar-refractivity contribution in [3.05, 3.63) is 29.3 Å². The molecule has 1 amide bonds. The molecule has 0 radical (unpaired) electrons. The second-order valence-corrected chi connectivity index (χ2v) is 4.95. The molecule has 94 valence electrons. The molecule has 1 unspecified atom stereocenters. The molecule has 0 aromatic heterocycles. The van der Waals surface area contributed by atoms with Crippen molar-refractivity contribution in [2.45, 2.75) is 38.0 Å². The van der Waals surface area contributed by atoms with Gasteiger partial charge in [-0.25, -0.2) is 0 Å². The number of aryl methyl sites for hydroxylation is 1. The Kier molecular flexibility index (Phi) is 5.29. The van der Waals surface area contributed by atoms with Crippen molar-refractivity contribution in [1.82, 2.24) is 0 Å². The summed E-state index contributed by atoms with van der Waals surface area (Å²) in [6.45, 7) is 1.97. The minimum absolute atomic E-state index is 0.0129. The third-order valence-corrected chi connectivity index (χ3v) is 2.90. The quantitative estimate of drug-likeness (QED) is 0.606. The number of benzene rings is 1. The number of hydrogen-bond donors (Lipinski definition) is 2. The fraction of sp³-hybridized carbons (Fsp3) is 0.462. The molecular formula is C13H18ClNO2. The van der Waals surface area contributed by atoms with Crippen LogP contribution >= 0.6 is 11.6 Å². The molecule has 1 rings (SSSR count). The Morgan fingerprint density at radius 1 is 1.47 bits per heavy atom.